The number of rotatable bonds is 13. The lowest BCUT2D eigenvalue weighted by molar-refractivity contribution is -0.140. The molecule has 3 rings (SSSR count). The van der Waals surface area contributed by atoms with E-state index in [-0.39, 0.29) is 18.9 Å². The highest BCUT2D eigenvalue weighted by atomic mass is 35.5. The monoisotopic (exact) mass is 555 g/mol. The van der Waals surface area contributed by atoms with Gasteiger partial charge in [-0.1, -0.05) is 91.7 Å². The smallest absolute Gasteiger partial charge is 0.244 e. The standard InChI is InChI=1S/C29H34ClN3O4S/c1-3-4-19-31-29(35)27(20-23-13-7-5-8-14-23)32(21-24-15-11-12-18-26(24)30)28(34)22-33(38(2,36)37)25-16-9-6-10-17-25/h5-18,27H,3-4,19-22H2,1-2H3,(H,31,35). The molecule has 0 aliphatic rings. The van der Waals surface area contributed by atoms with Crippen LogP contribution in [0.1, 0.15) is 30.9 Å². The minimum Gasteiger partial charge on any atom is -0.354 e. The highest BCUT2D eigenvalue weighted by Crippen LogP contribution is 2.22. The molecule has 0 heterocycles. The van der Waals surface area contributed by atoms with E-state index in [0.29, 0.717) is 22.8 Å². The molecule has 1 N–H and O–H groups in total. The molecular formula is C29H34ClN3O4S. The first-order valence-corrected chi connectivity index (χ1v) is 14.8. The fourth-order valence-corrected chi connectivity index (χ4v) is 5.12. The van der Waals surface area contributed by atoms with Gasteiger partial charge in [0.2, 0.25) is 21.8 Å². The molecule has 0 radical (unpaired) electrons. The molecule has 3 aromatic carbocycles. The molecule has 0 bridgehead atoms. The molecule has 0 saturated carbocycles. The van der Waals surface area contributed by atoms with Crippen molar-refractivity contribution in [1.82, 2.24) is 10.2 Å². The summed E-state index contributed by atoms with van der Waals surface area (Å²) in [5.41, 5.74) is 1.91. The average molecular weight is 556 g/mol. The van der Waals surface area contributed by atoms with Crippen molar-refractivity contribution >= 4 is 39.1 Å². The van der Waals surface area contributed by atoms with Crippen LogP contribution in [0.15, 0.2) is 84.9 Å². The molecule has 2 amide bonds. The molecule has 3 aromatic rings. The predicted octanol–water partition coefficient (Wildman–Crippen LogP) is 4.66. The first kappa shape index (κ1) is 29.2. The third kappa shape index (κ3) is 8.33. The van der Waals surface area contributed by atoms with Crippen LogP contribution in [0.25, 0.3) is 0 Å². The average Bonchev–Trinajstić information content (AvgIpc) is 2.90. The molecule has 0 aliphatic heterocycles. The zero-order valence-electron chi connectivity index (χ0n) is 21.7. The van der Waals surface area contributed by atoms with Crippen molar-refractivity contribution in [2.75, 3.05) is 23.7 Å². The Morgan fingerprint density at radius 2 is 1.53 bits per heavy atom. The van der Waals surface area contributed by atoms with Crippen LogP contribution in [-0.2, 0) is 32.6 Å². The summed E-state index contributed by atoms with van der Waals surface area (Å²) in [6.07, 6.45) is 3.04. The fraction of sp³-hybridized carbons (Fsp3) is 0.310. The Balaban J connectivity index is 2.02. The van der Waals surface area contributed by atoms with E-state index in [1.165, 1.54) is 4.90 Å². The van der Waals surface area contributed by atoms with Gasteiger partial charge < -0.3 is 10.2 Å². The Morgan fingerprint density at radius 1 is 0.921 bits per heavy atom. The fourth-order valence-electron chi connectivity index (χ4n) is 4.08. The largest absolute Gasteiger partial charge is 0.354 e. The number of benzene rings is 3. The molecule has 0 spiro atoms. The molecule has 1 unspecified atom stereocenters. The van der Waals surface area contributed by atoms with Gasteiger partial charge in [0, 0.05) is 24.5 Å². The number of nitrogens with zero attached hydrogens (tertiary/aromatic N) is 2. The van der Waals surface area contributed by atoms with Gasteiger partial charge in [-0.15, -0.1) is 0 Å². The summed E-state index contributed by atoms with van der Waals surface area (Å²) in [5.74, 6) is -0.806. The molecule has 0 saturated heterocycles. The molecular weight excluding hydrogens is 522 g/mol. The lowest BCUT2D eigenvalue weighted by Gasteiger charge is -2.33. The van der Waals surface area contributed by atoms with E-state index >= 15 is 0 Å². The molecule has 202 valence electrons. The van der Waals surface area contributed by atoms with Crippen molar-refractivity contribution in [2.45, 2.75) is 38.8 Å². The van der Waals surface area contributed by atoms with E-state index in [1.54, 1.807) is 48.5 Å². The van der Waals surface area contributed by atoms with Crippen LogP contribution in [0, 0.1) is 0 Å². The Labute approximate surface area is 230 Å². The number of halogens is 1. The van der Waals surface area contributed by atoms with Gasteiger partial charge in [0.25, 0.3) is 0 Å². The number of unbranched alkanes of at least 4 members (excludes halogenated alkanes) is 1. The van der Waals surface area contributed by atoms with Crippen LogP contribution in [-0.4, -0.2) is 50.5 Å². The second-order valence-electron chi connectivity index (χ2n) is 9.07. The summed E-state index contributed by atoms with van der Waals surface area (Å²) in [5, 5.41) is 3.41. The van der Waals surface area contributed by atoms with Crippen LogP contribution >= 0.6 is 11.6 Å². The number of hydrogen-bond donors (Lipinski definition) is 1. The summed E-state index contributed by atoms with van der Waals surface area (Å²) in [7, 11) is -3.79. The van der Waals surface area contributed by atoms with Gasteiger partial charge >= 0.3 is 0 Å². The Kier molecular flexibility index (Phi) is 10.7. The van der Waals surface area contributed by atoms with Gasteiger partial charge in [-0.05, 0) is 35.7 Å². The number of carbonyl (C=O) groups is 2. The van der Waals surface area contributed by atoms with E-state index in [9.17, 15) is 18.0 Å². The van der Waals surface area contributed by atoms with Gasteiger partial charge in [-0.3, -0.25) is 13.9 Å². The molecule has 38 heavy (non-hydrogen) atoms. The maximum absolute atomic E-state index is 14.0. The molecule has 0 aliphatic carbocycles. The first-order chi connectivity index (χ1) is 18.2. The number of amides is 2. The molecule has 9 heteroatoms. The van der Waals surface area contributed by atoms with E-state index in [4.69, 9.17) is 11.6 Å². The van der Waals surface area contributed by atoms with Gasteiger partial charge in [-0.2, -0.15) is 0 Å². The van der Waals surface area contributed by atoms with E-state index in [1.807, 2.05) is 43.3 Å². The zero-order valence-corrected chi connectivity index (χ0v) is 23.3. The van der Waals surface area contributed by atoms with E-state index < -0.39 is 28.5 Å². The van der Waals surface area contributed by atoms with Gasteiger partial charge in [0.15, 0.2) is 0 Å². The van der Waals surface area contributed by atoms with Gasteiger partial charge in [0.05, 0.1) is 11.9 Å². The summed E-state index contributed by atoms with van der Waals surface area (Å²) in [6, 6.07) is 24.1. The van der Waals surface area contributed by atoms with Crippen molar-refractivity contribution in [3.8, 4) is 0 Å². The number of carbonyl (C=O) groups excluding carboxylic acids is 2. The second-order valence-corrected chi connectivity index (χ2v) is 11.4. The van der Waals surface area contributed by atoms with Crippen molar-refractivity contribution in [2.24, 2.45) is 0 Å². The number of nitrogens with one attached hydrogen (secondary N) is 1. The van der Waals surface area contributed by atoms with Crippen molar-refractivity contribution in [3.63, 3.8) is 0 Å². The summed E-state index contributed by atoms with van der Waals surface area (Å²) < 4.78 is 26.5. The highest BCUT2D eigenvalue weighted by Gasteiger charge is 2.33. The van der Waals surface area contributed by atoms with E-state index in [0.717, 1.165) is 29.0 Å². The van der Waals surface area contributed by atoms with Gasteiger partial charge in [0.1, 0.15) is 12.6 Å². The maximum atomic E-state index is 14.0. The predicted molar refractivity (Wildman–Crippen MR) is 152 cm³/mol. The Morgan fingerprint density at radius 3 is 2.13 bits per heavy atom. The summed E-state index contributed by atoms with van der Waals surface area (Å²) >= 11 is 6.45. The van der Waals surface area contributed by atoms with Crippen molar-refractivity contribution < 1.29 is 18.0 Å². The number of para-hydroxylation sites is 1. The second kappa shape index (κ2) is 14.0. The van der Waals surface area contributed by atoms with Crippen LogP contribution in [0.3, 0.4) is 0 Å². The lowest BCUT2D eigenvalue weighted by atomic mass is 10.0. The number of sulfonamides is 1. The van der Waals surface area contributed by atoms with Crippen molar-refractivity contribution in [1.29, 1.82) is 0 Å². The van der Waals surface area contributed by atoms with Crippen LogP contribution in [0.5, 0.6) is 0 Å². The summed E-state index contributed by atoms with van der Waals surface area (Å²) in [4.78, 5) is 28.9. The van der Waals surface area contributed by atoms with Crippen LogP contribution < -0.4 is 9.62 Å². The third-order valence-electron chi connectivity index (χ3n) is 6.12. The number of anilines is 1. The van der Waals surface area contributed by atoms with Crippen molar-refractivity contribution in [3.05, 3.63) is 101 Å². The quantitative estimate of drug-likeness (QED) is 0.311. The maximum Gasteiger partial charge on any atom is 0.244 e. The minimum atomic E-state index is -3.79. The van der Waals surface area contributed by atoms with Crippen LogP contribution in [0.4, 0.5) is 5.69 Å². The number of hydrogen-bond acceptors (Lipinski definition) is 4. The highest BCUT2D eigenvalue weighted by molar-refractivity contribution is 7.92. The van der Waals surface area contributed by atoms with Gasteiger partial charge in [-0.25, -0.2) is 8.42 Å². The zero-order chi connectivity index (χ0) is 27.5. The third-order valence-corrected chi connectivity index (χ3v) is 7.63. The first-order valence-electron chi connectivity index (χ1n) is 12.6. The van der Waals surface area contributed by atoms with E-state index in [2.05, 4.69) is 5.32 Å². The lowest BCUT2D eigenvalue weighted by Crippen LogP contribution is -2.53. The Bertz CT molecular complexity index is 1300. The molecule has 7 nitrogen and oxygen atoms in total. The summed E-state index contributed by atoms with van der Waals surface area (Å²) in [6.45, 7) is 2.10. The topological polar surface area (TPSA) is 86.8 Å². The normalized spacial score (nSPS) is 12.0. The molecule has 0 fully saturated rings. The minimum absolute atomic E-state index is 0.0452. The molecule has 0 aromatic heterocycles. The molecule has 1 atom stereocenters. The Hall–Kier alpha value is -3.36. The SMILES string of the molecule is CCCCNC(=O)C(Cc1ccccc1)N(Cc1ccccc1Cl)C(=O)CN(c1ccccc1)S(C)(=O)=O. The van der Waals surface area contributed by atoms with Crippen LogP contribution in [0.2, 0.25) is 5.02 Å².